The van der Waals surface area contributed by atoms with E-state index in [2.05, 4.69) is 15.4 Å². The quantitative estimate of drug-likeness (QED) is 0.562. The lowest BCUT2D eigenvalue weighted by atomic mass is 10.2. The number of imidazole rings is 1. The highest BCUT2D eigenvalue weighted by molar-refractivity contribution is 5.91. The summed E-state index contributed by atoms with van der Waals surface area (Å²) in [7, 11) is 0. The van der Waals surface area contributed by atoms with E-state index in [0.29, 0.717) is 12.2 Å². The van der Waals surface area contributed by atoms with Gasteiger partial charge in [-0.1, -0.05) is 30.3 Å². The number of anilines is 1. The Morgan fingerprint density at radius 3 is 2.18 bits per heavy atom. The smallest absolute Gasteiger partial charge is 0.435 e. The number of benzene rings is 1. The molecule has 2 heterocycles. The van der Waals surface area contributed by atoms with Gasteiger partial charge in [-0.3, -0.25) is 0 Å². The minimum absolute atomic E-state index is 0.159. The van der Waals surface area contributed by atoms with Crippen LogP contribution in [-0.2, 0) is 16.0 Å². The number of ether oxygens (including phenoxy) is 2. The van der Waals surface area contributed by atoms with Crippen LogP contribution in [0.2, 0.25) is 0 Å². The van der Waals surface area contributed by atoms with Crippen molar-refractivity contribution in [1.82, 2.24) is 20.0 Å². The van der Waals surface area contributed by atoms with Gasteiger partial charge in [0.2, 0.25) is 0 Å². The molecule has 0 saturated heterocycles. The van der Waals surface area contributed by atoms with Crippen molar-refractivity contribution in [2.24, 2.45) is 0 Å². The normalized spacial score (nSPS) is 11.8. The first kappa shape index (κ1) is 24.0. The number of aryl methyl sites for hydroxylation is 1. The molecule has 1 aromatic carbocycles. The highest BCUT2D eigenvalue weighted by Gasteiger charge is 2.28. The van der Waals surface area contributed by atoms with Gasteiger partial charge in [0, 0.05) is 6.54 Å². The molecule has 0 aliphatic carbocycles. The molecule has 0 bridgehead atoms. The zero-order valence-electron chi connectivity index (χ0n) is 20.2. The number of fused-ring (bicyclic) bond motifs is 1. The second-order valence-electron chi connectivity index (χ2n) is 9.67. The van der Waals surface area contributed by atoms with Gasteiger partial charge < -0.3 is 14.0 Å². The van der Waals surface area contributed by atoms with Crippen molar-refractivity contribution >= 4 is 29.2 Å². The van der Waals surface area contributed by atoms with Crippen LogP contribution in [0.1, 0.15) is 52.9 Å². The Bertz CT molecular complexity index is 1140. The summed E-state index contributed by atoms with van der Waals surface area (Å²) in [6.45, 7) is 12.9. The molecule has 0 aliphatic heterocycles. The lowest BCUT2D eigenvalue weighted by Gasteiger charge is -2.28. The third-order valence-electron chi connectivity index (χ3n) is 4.38. The Labute approximate surface area is 193 Å². The predicted molar refractivity (Wildman–Crippen MR) is 126 cm³/mol. The van der Waals surface area contributed by atoms with E-state index >= 15 is 0 Å². The first-order valence-electron chi connectivity index (χ1n) is 10.7. The van der Waals surface area contributed by atoms with Crippen LogP contribution in [0.5, 0.6) is 0 Å². The molecule has 0 spiro atoms. The van der Waals surface area contributed by atoms with E-state index in [0.717, 1.165) is 21.9 Å². The molecule has 0 atom stereocenters. The Kier molecular flexibility index (Phi) is 6.62. The number of aromatic nitrogens is 3. The Hall–Kier alpha value is -3.62. The molecular formula is C24H31N5O4. The van der Waals surface area contributed by atoms with Crippen LogP contribution >= 0.6 is 0 Å². The summed E-state index contributed by atoms with van der Waals surface area (Å²) in [5.74, 6) is 0.939. The maximum atomic E-state index is 12.9. The number of rotatable bonds is 3. The molecule has 0 unspecified atom stereocenters. The van der Waals surface area contributed by atoms with Crippen LogP contribution in [-0.4, -0.2) is 37.9 Å². The van der Waals surface area contributed by atoms with Gasteiger partial charge in [-0.25, -0.2) is 25.0 Å². The van der Waals surface area contributed by atoms with Gasteiger partial charge in [0.25, 0.3) is 0 Å². The van der Waals surface area contributed by atoms with Gasteiger partial charge in [0.1, 0.15) is 17.0 Å². The molecule has 176 valence electrons. The number of nitrogens with one attached hydrogen (secondary N) is 1. The second kappa shape index (κ2) is 9.09. The molecule has 2 amide bonds. The van der Waals surface area contributed by atoms with Gasteiger partial charge in [-0.05, 0) is 66.2 Å². The molecule has 0 fully saturated rings. The van der Waals surface area contributed by atoms with Crippen LogP contribution in [0, 0.1) is 6.92 Å². The maximum absolute atomic E-state index is 12.9. The van der Waals surface area contributed by atoms with E-state index in [1.54, 1.807) is 47.6 Å². The van der Waals surface area contributed by atoms with Crippen LogP contribution in [0.4, 0.5) is 15.4 Å². The highest BCUT2D eigenvalue weighted by Crippen LogP contribution is 2.22. The van der Waals surface area contributed by atoms with Gasteiger partial charge in [-0.2, -0.15) is 5.01 Å². The Balaban J connectivity index is 1.95. The number of carbonyl (C=O) groups excluding carboxylic acids is 2. The van der Waals surface area contributed by atoms with Gasteiger partial charge in [-0.15, -0.1) is 0 Å². The summed E-state index contributed by atoms with van der Waals surface area (Å²) in [5.41, 5.74) is 3.30. The fourth-order valence-corrected chi connectivity index (χ4v) is 3.10. The van der Waals surface area contributed by atoms with Crippen molar-refractivity contribution in [3.8, 4) is 0 Å². The topological polar surface area (TPSA) is 98.6 Å². The fraction of sp³-hybridized carbons (Fsp3) is 0.417. The van der Waals surface area contributed by atoms with Crippen molar-refractivity contribution in [2.75, 3.05) is 5.01 Å². The monoisotopic (exact) mass is 453 g/mol. The number of hydrazine groups is 1. The van der Waals surface area contributed by atoms with E-state index in [1.165, 1.54) is 0 Å². The van der Waals surface area contributed by atoms with Crippen molar-refractivity contribution in [3.63, 3.8) is 0 Å². The Morgan fingerprint density at radius 2 is 1.58 bits per heavy atom. The molecule has 0 saturated carbocycles. The summed E-state index contributed by atoms with van der Waals surface area (Å²) in [6.07, 6.45) is -1.60. The van der Waals surface area contributed by atoms with E-state index in [9.17, 15) is 9.59 Å². The third kappa shape index (κ3) is 6.44. The summed E-state index contributed by atoms with van der Waals surface area (Å²) < 4.78 is 12.8. The molecule has 1 N–H and O–H groups in total. The van der Waals surface area contributed by atoms with Gasteiger partial charge >= 0.3 is 12.2 Å². The molecule has 0 aliphatic rings. The van der Waals surface area contributed by atoms with Crippen LogP contribution in [0.15, 0.2) is 42.5 Å². The molecule has 9 heteroatoms. The summed E-state index contributed by atoms with van der Waals surface area (Å²) in [4.78, 5) is 34.4. The van der Waals surface area contributed by atoms with Crippen molar-refractivity contribution in [2.45, 2.75) is 66.2 Å². The average molecular weight is 454 g/mol. The molecule has 9 nitrogen and oxygen atoms in total. The summed E-state index contributed by atoms with van der Waals surface area (Å²) >= 11 is 0. The van der Waals surface area contributed by atoms with E-state index in [-0.39, 0.29) is 5.82 Å². The highest BCUT2D eigenvalue weighted by atomic mass is 16.6. The van der Waals surface area contributed by atoms with Gasteiger partial charge in [0.05, 0.1) is 5.52 Å². The number of carbonyl (C=O) groups is 2. The predicted octanol–water partition coefficient (Wildman–Crippen LogP) is 4.97. The molecule has 2 aromatic heterocycles. The maximum Gasteiger partial charge on any atom is 0.435 e. The van der Waals surface area contributed by atoms with E-state index in [1.807, 2.05) is 47.9 Å². The number of nitrogens with zero attached hydrogens (tertiary/aromatic N) is 4. The SMILES string of the molecule is Cc1nc2nc(N(NC(=O)OC(C)(C)C)C(=O)OC(C)(C)C)ccc2n1Cc1ccccc1. The molecule has 3 rings (SSSR count). The summed E-state index contributed by atoms with van der Waals surface area (Å²) in [6, 6.07) is 13.5. The van der Waals surface area contributed by atoms with E-state index < -0.39 is 23.4 Å². The largest absolute Gasteiger partial charge is 0.443 e. The Morgan fingerprint density at radius 1 is 0.939 bits per heavy atom. The zero-order chi connectivity index (χ0) is 24.4. The van der Waals surface area contributed by atoms with Crippen molar-refractivity contribution < 1.29 is 19.1 Å². The molecule has 3 aromatic rings. The first-order chi connectivity index (χ1) is 15.3. The van der Waals surface area contributed by atoms with E-state index in [4.69, 9.17) is 9.47 Å². The van der Waals surface area contributed by atoms with Crippen molar-refractivity contribution in [3.05, 3.63) is 53.9 Å². The third-order valence-corrected chi connectivity index (χ3v) is 4.38. The lowest BCUT2D eigenvalue weighted by Crippen LogP contribution is -2.50. The van der Waals surface area contributed by atoms with Crippen molar-refractivity contribution in [1.29, 1.82) is 0 Å². The average Bonchev–Trinajstić information content (AvgIpc) is 2.98. The fourth-order valence-electron chi connectivity index (χ4n) is 3.10. The summed E-state index contributed by atoms with van der Waals surface area (Å²) in [5, 5.41) is 0.935. The van der Waals surface area contributed by atoms with Crippen LogP contribution in [0.25, 0.3) is 11.2 Å². The number of pyridine rings is 1. The number of amides is 2. The standard InChI is InChI=1S/C24H31N5O4/c1-16-25-20-18(28(16)15-17-11-9-8-10-12-17)13-14-19(26-20)29(22(31)33-24(5,6)7)27-21(30)32-23(2,3)4/h8-14H,15H2,1-7H3,(H,27,30). The van der Waals surface area contributed by atoms with Crippen LogP contribution < -0.4 is 10.4 Å². The lowest BCUT2D eigenvalue weighted by molar-refractivity contribution is 0.0424. The minimum Gasteiger partial charge on any atom is -0.443 e. The minimum atomic E-state index is -0.805. The molecule has 0 radical (unpaired) electrons. The molecule has 33 heavy (non-hydrogen) atoms. The number of hydrogen-bond donors (Lipinski definition) is 1. The second-order valence-corrected chi connectivity index (χ2v) is 9.67. The van der Waals surface area contributed by atoms with Gasteiger partial charge in [0.15, 0.2) is 11.5 Å². The first-order valence-corrected chi connectivity index (χ1v) is 10.7. The number of hydrogen-bond acceptors (Lipinski definition) is 6. The van der Waals surface area contributed by atoms with Crippen LogP contribution in [0.3, 0.4) is 0 Å². The zero-order valence-corrected chi connectivity index (χ0v) is 20.2. The molecular weight excluding hydrogens is 422 g/mol.